The van der Waals surface area contributed by atoms with Crippen LogP contribution in [0, 0.1) is 6.92 Å². The first kappa shape index (κ1) is 11.1. The number of piperidine rings is 1. The third-order valence-corrected chi connectivity index (χ3v) is 2.91. The molecule has 86 valence electrons. The van der Waals surface area contributed by atoms with Gasteiger partial charge >= 0.3 is 0 Å². The SMILES string of the molecule is Cc1cncc(CN2CCC(=NO)CC2)c1. The maximum atomic E-state index is 8.66. The van der Waals surface area contributed by atoms with Crippen molar-refractivity contribution in [3.8, 4) is 0 Å². The lowest BCUT2D eigenvalue weighted by Crippen LogP contribution is -2.33. The highest BCUT2D eigenvalue weighted by Gasteiger charge is 2.15. The molecule has 4 nitrogen and oxygen atoms in total. The molecule has 0 radical (unpaired) electrons. The summed E-state index contributed by atoms with van der Waals surface area (Å²) in [6, 6.07) is 2.17. The number of hydrogen-bond donors (Lipinski definition) is 1. The van der Waals surface area contributed by atoms with Crippen molar-refractivity contribution in [1.82, 2.24) is 9.88 Å². The summed E-state index contributed by atoms with van der Waals surface area (Å²) < 4.78 is 0. The van der Waals surface area contributed by atoms with Gasteiger partial charge in [-0.3, -0.25) is 9.88 Å². The molecule has 1 N–H and O–H groups in total. The molecule has 0 unspecified atom stereocenters. The Bertz CT molecular complexity index is 380. The van der Waals surface area contributed by atoms with Crippen LogP contribution >= 0.6 is 0 Å². The molecule has 16 heavy (non-hydrogen) atoms. The summed E-state index contributed by atoms with van der Waals surface area (Å²) in [6.07, 6.45) is 5.53. The lowest BCUT2D eigenvalue weighted by atomic mass is 10.1. The highest BCUT2D eigenvalue weighted by atomic mass is 16.4. The summed E-state index contributed by atoms with van der Waals surface area (Å²) in [7, 11) is 0. The molecule has 4 heteroatoms. The monoisotopic (exact) mass is 219 g/mol. The number of oxime groups is 1. The molecular weight excluding hydrogens is 202 g/mol. The van der Waals surface area contributed by atoms with Crippen LogP contribution in [0.2, 0.25) is 0 Å². The van der Waals surface area contributed by atoms with Crippen LogP contribution in [-0.2, 0) is 6.54 Å². The number of aromatic nitrogens is 1. The van der Waals surface area contributed by atoms with Gasteiger partial charge in [-0.1, -0.05) is 11.2 Å². The average Bonchev–Trinajstić information content (AvgIpc) is 2.30. The Morgan fingerprint density at radius 3 is 2.75 bits per heavy atom. The Kier molecular flexibility index (Phi) is 3.51. The zero-order valence-electron chi connectivity index (χ0n) is 9.56. The zero-order chi connectivity index (χ0) is 11.4. The van der Waals surface area contributed by atoms with Gasteiger partial charge in [0.15, 0.2) is 0 Å². The Morgan fingerprint density at radius 2 is 2.12 bits per heavy atom. The van der Waals surface area contributed by atoms with Crippen LogP contribution in [0.15, 0.2) is 23.6 Å². The van der Waals surface area contributed by atoms with Gasteiger partial charge in [0.1, 0.15) is 0 Å². The molecule has 0 spiro atoms. The smallest absolute Gasteiger partial charge is 0.0596 e. The topological polar surface area (TPSA) is 48.7 Å². The number of aryl methyl sites for hydroxylation is 1. The maximum absolute atomic E-state index is 8.66. The Labute approximate surface area is 95.6 Å². The van der Waals surface area contributed by atoms with Gasteiger partial charge in [-0.05, 0) is 18.1 Å². The van der Waals surface area contributed by atoms with Crippen molar-refractivity contribution >= 4 is 5.71 Å². The zero-order valence-corrected chi connectivity index (χ0v) is 9.56. The average molecular weight is 219 g/mol. The highest BCUT2D eigenvalue weighted by Crippen LogP contribution is 2.12. The van der Waals surface area contributed by atoms with Gasteiger partial charge in [0.25, 0.3) is 0 Å². The summed E-state index contributed by atoms with van der Waals surface area (Å²) in [5.74, 6) is 0. The first-order chi connectivity index (χ1) is 7.78. The minimum Gasteiger partial charge on any atom is -0.411 e. The van der Waals surface area contributed by atoms with Crippen molar-refractivity contribution in [2.24, 2.45) is 5.16 Å². The van der Waals surface area contributed by atoms with Crippen molar-refractivity contribution < 1.29 is 5.21 Å². The lowest BCUT2D eigenvalue weighted by molar-refractivity contribution is 0.256. The van der Waals surface area contributed by atoms with E-state index in [9.17, 15) is 0 Å². The molecular formula is C12H17N3O. The van der Waals surface area contributed by atoms with E-state index in [1.54, 1.807) is 0 Å². The third-order valence-electron chi connectivity index (χ3n) is 2.91. The number of rotatable bonds is 2. The van der Waals surface area contributed by atoms with E-state index in [1.807, 2.05) is 12.4 Å². The van der Waals surface area contributed by atoms with Crippen molar-refractivity contribution in [3.63, 3.8) is 0 Å². The second-order valence-electron chi connectivity index (χ2n) is 4.31. The molecule has 0 amide bonds. The summed E-state index contributed by atoms with van der Waals surface area (Å²) >= 11 is 0. The summed E-state index contributed by atoms with van der Waals surface area (Å²) in [5, 5.41) is 11.9. The van der Waals surface area contributed by atoms with Crippen molar-refractivity contribution in [1.29, 1.82) is 0 Å². The molecule has 0 bridgehead atoms. The minimum atomic E-state index is 0.871. The van der Waals surface area contributed by atoms with E-state index in [0.29, 0.717) is 0 Å². The molecule has 2 rings (SSSR count). The molecule has 0 aromatic carbocycles. The van der Waals surface area contributed by atoms with Gasteiger partial charge in [0.05, 0.1) is 5.71 Å². The van der Waals surface area contributed by atoms with Crippen molar-refractivity contribution in [3.05, 3.63) is 29.6 Å². The normalized spacial score (nSPS) is 17.4. The summed E-state index contributed by atoms with van der Waals surface area (Å²) in [6.45, 7) is 4.93. The predicted octanol–water partition coefficient (Wildman–Crippen LogP) is 1.82. The highest BCUT2D eigenvalue weighted by molar-refractivity contribution is 5.84. The second kappa shape index (κ2) is 5.07. The van der Waals surface area contributed by atoms with E-state index in [4.69, 9.17) is 5.21 Å². The number of likely N-dealkylation sites (tertiary alicyclic amines) is 1. The van der Waals surface area contributed by atoms with Gasteiger partial charge in [0.2, 0.25) is 0 Å². The lowest BCUT2D eigenvalue weighted by Gasteiger charge is -2.26. The first-order valence-electron chi connectivity index (χ1n) is 5.60. The molecule has 1 saturated heterocycles. The number of pyridine rings is 1. The molecule has 0 saturated carbocycles. The Morgan fingerprint density at radius 1 is 1.38 bits per heavy atom. The van der Waals surface area contributed by atoms with Crippen LogP contribution in [0.25, 0.3) is 0 Å². The van der Waals surface area contributed by atoms with Crippen LogP contribution in [-0.4, -0.2) is 33.9 Å². The molecule has 1 aromatic rings. The molecule has 1 fully saturated rings. The van der Waals surface area contributed by atoms with E-state index >= 15 is 0 Å². The maximum Gasteiger partial charge on any atom is 0.0596 e. The van der Waals surface area contributed by atoms with Crippen LogP contribution in [0.3, 0.4) is 0 Å². The molecule has 1 aromatic heterocycles. The fourth-order valence-electron chi connectivity index (χ4n) is 2.03. The van der Waals surface area contributed by atoms with E-state index in [1.165, 1.54) is 11.1 Å². The minimum absolute atomic E-state index is 0.871. The number of nitrogens with zero attached hydrogens (tertiary/aromatic N) is 3. The van der Waals surface area contributed by atoms with E-state index in [0.717, 1.165) is 38.2 Å². The van der Waals surface area contributed by atoms with Gasteiger partial charge in [-0.2, -0.15) is 0 Å². The summed E-state index contributed by atoms with van der Waals surface area (Å²) in [4.78, 5) is 6.56. The van der Waals surface area contributed by atoms with E-state index in [2.05, 4.69) is 28.0 Å². The Hall–Kier alpha value is -1.42. The standard InChI is InChI=1S/C12H17N3O/c1-10-6-11(8-13-7-10)9-15-4-2-12(14-16)3-5-15/h6-8,16H,2-5,9H2,1H3. The van der Waals surface area contributed by atoms with Gasteiger partial charge < -0.3 is 5.21 Å². The molecule has 0 atom stereocenters. The molecule has 2 heterocycles. The first-order valence-corrected chi connectivity index (χ1v) is 5.60. The van der Waals surface area contributed by atoms with Gasteiger partial charge in [0, 0.05) is 44.9 Å². The van der Waals surface area contributed by atoms with Crippen molar-refractivity contribution in [2.45, 2.75) is 26.3 Å². The van der Waals surface area contributed by atoms with Crippen LogP contribution < -0.4 is 0 Å². The second-order valence-corrected chi connectivity index (χ2v) is 4.31. The van der Waals surface area contributed by atoms with Gasteiger partial charge in [-0.15, -0.1) is 0 Å². The van der Waals surface area contributed by atoms with E-state index < -0.39 is 0 Å². The quantitative estimate of drug-likeness (QED) is 0.609. The number of hydrogen-bond acceptors (Lipinski definition) is 4. The summed E-state index contributed by atoms with van der Waals surface area (Å²) in [5.41, 5.74) is 3.37. The van der Waals surface area contributed by atoms with Crippen molar-refractivity contribution in [2.75, 3.05) is 13.1 Å². The largest absolute Gasteiger partial charge is 0.411 e. The van der Waals surface area contributed by atoms with Crippen LogP contribution in [0.1, 0.15) is 24.0 Å². The molecule has 1 aliphatic rings. The fourth-order valence-corrected chi connectivity index (χ4v) is 2.03. The molecule has 0 aliphatic carbocycles. The van der Waals surface area contributed by atoms with E-state index in [-0.39, 0.29) is 0 Å². The Balaban J connectivity index is 1.92. The van der Waals surface area contributed by atoms with Gasteiger partial charge in [-0.25, -0.2) is 0 Å². The molecule has 1 aliphatic heterocycles. The third kappa shape index (κ3) is 2.79. The van der Waals surface area contributed by atoms with Crippen LogP contribution in [0.4, 0.5) is 0 Å². The predicted molar refractivity (Wildman–Crippen MR) is 62.7 cm³/mol. The fraction of sp³-hybridized carbons (Fsp3) is 0.500. The van der Waals surface area contributed by atoms with Crippen LogP contribution in [0.5, 0.6) is 0 Å².